The molecule has 0 radical (unpaired) electrons. The smallest absolute Gasteiger partial charge is 0.398 e. The minimum absolute atomic E-state index is 0.483. The molecule has 4 rings (SSSR count). The van der Waals surface area contributed by atoms with Crippen molar-refractivity contribution in [1.29, 1.82) is 0 Å². The molecule has 1 saturated heterocycles. The van der Waals surface area contributed by atoms with Gasteiger partial charge in [0.25, 0.3) is 0 Å². The van der Waals surface area contributed by atoms with Crippen molar-refractivity contribution < 1.29 is 13.7 Å². The number of halogens is 1. The molecule has 0 saturated carbocycles. The third kappa shape index (κ3) is 3.38. The largest absolute Gasteiger partial charge is 0.525 e. The Morgan fingerprint density at radius 3 is 2.29 bits per heavy atom. The maximum absolute atomic E-state index is 15.1. The van der Waals surface area contributed by atoms with E-state index in [9.17, 15) is 0 Å². The van der Waals surface area contributed by atoms with E-state index in [1.54, 1.807) is 0 Å². The van der Waals surface area contributed by atoms with Crippen LogP contribution in [0.1, 0.15) is 39.1 Å². The first-order chi connectivity index (χ1) is 13.3. The van der Waals surface area contributed by atoms with Gasteiger partial charge in [-0.3, -0.25) is 0 Å². The Bertz CT molecular complexity index is 1010. The topological polar surface area (TPSA) is 36.3 Å². The molecule has 3 aromatic rings. The van der Waals surface area contributed by atoms with Gasteiger partial charge in [-0.2, -0.15) is 0 Å². The number of hydrogen-bond donors (Lipinski definition) is 0. The van der Waals surface area contributed by atoms with E-state index >= 15 is 4.39 Å². The van der Waals surface area contributed by atoms with Crippen molar-refractivity contribution in [2.75, 3.05) is 0 Å². The average molecular weight is 378 g/mol. The van der Waals surface area contributed by atoms with Crippen molar-refractivity contribution in [3.63, 3.8) is 0 Å². The zero-order valence-electron chi connectivity index (χ0n) is 16.6. The Kier molecular flexibility index (Phi) is 4.64. The van der Waals surface area contributed by atoms with Gasteiger partial charge >= 0.3 is 7.12 Å². The predicted octanol–water partition coefficient (Wildman–Crippen LogP) is 5.03. The highest BCUT2D eigenvalue weighted by Crippen LogP contribution is 2.39. The Morgan fingerprint density at radius 1 is 1.00 bits per heavy atom. The van der Waals surface area contributed by atoms with E-state index in [0.29, 0.717) is 12.4 Å². The lowest BCUT2D eigenvalue weighted by Crippen LogP contribution is -2.41. The van der Waals surface area contributed by atoms with Crippen LogP contribution in [0.4, 0.5) is 4.39 Å². The molecule has 0 N–H and O–H groups in total. The van der Waals surface area contributed by atoms with Crippen LogP contribution in [0, 0.1) is 0 Å². The Hall–Kier alpha value is -2.44. The molecule has 2 heterocycles. The highest BCUT2D eigenvalue weighted by molar-refractivity contribution is 6.54. The van der Waals surface area contributed by atoms with E-state index in [0.717, 1.165) is 16.6 Å². The van der Waals surface area contributed by atoms with Crippen molar-refractivity contribution in [3.05, 3.63) is 71.7 Å². The lowest BCUT2D eigenvalue weighted by Gasteiger charge is -2.32. The van der Waals surface area contributed by atoms with Crippen LogP contribution in [0.2, 0.25) is 0 Å². The molecule has 1 aliphatic heterocycles. The molecule has 0 bridgehead atoms. The van der Waals surface area contributed by atoms with Gasteiger partial charge in [0, 0.05) is 12.6 Å². The lowest BCUT2D eigenvalue weighted by atomic mass is 9.87. The summed E-state index contributed by atoms with van der Waals surface area (Å²) < 4.78 is 28.8. The normalized spacial score (nSPS) is 18.8. The fourth-order valence-electron chi connectivity index (χ4n) is 3.28. The second-order valence-corrected chi connectivity index (χ2v) is 8.15. The van der Waals surface area contributed by atoms with Crippen LogP contribution >= 0.6 is 0 Å². The quantitative estimate of drug-likeness (QED) is 0.598. The molecule has 6 heteroatoms. The maximum Gasteiger partial charge on any atom is 0.525 e. The Morgan fingerprint density at radius 2 is 1.61 bits per heavy atom. The number of imidazole rings is 1. The third-order valence-corrected chi connectivity index (χ3v) is 5.61. The zero-order chi connectivity index (χ0) is 19.9. The van der Waals surface area contributed by atoms with Gasteiger partial charge in [0.2, 0.25) is 0 Å². The van der Waals surface area contributed by atoms with E-state index in [-0.39, 0.29) is 0 Å². The summed E-state index contributed by atoms with van der Waals surface area (Å²) in [4.78, 5) is 4.63. The molecule has 1 aromatic heterocycles. The van der Waals surface area contributed by atoms with Crippen molar-refractivity contribution >= 4 is 24.2 Å². The molecule has 0 atom stereocenters. The number of para-hydroxylation sites is 2. The molecule has 0 spiro atoms. The number of nitrogens with zero attached hydrogens (tertiary/aromatic N) is 2. The molecule has 0 aliphatic carbocycles. The number of aromatic nitrogens is 2. The van der Waals surface area contributed by atoms with Gasteiger partial charge in [-0.15, -0.1) is 0 Å². The summed E-state index contributed by atoms with van der Waals surface area (Å²) in [7, 11) is -1.03. The highest BCUT2D eigenvalue weighted by Gasteiger charge is 2.53. The molecule has 144 valence electrons. The summed E-state index contributed by atoms with van der Waals surface area (Å²) in [6.45, 7) is 8.23. The number of fused-ring (bicyclic) bond motifs is 1. The van der Waals surface area contributed by atoms with Gasteiger partial charge in [-0.25, -0.2) is 9.37 Å². The van der Waals surface area contributed by atoms with Gasteiger partial charge in [-0.05, 0) is 45.4 Å². The molecule has 4 nitrogen and oxygen atoms in total. The van der Waals surface area contributed by atoms with Crippen LogP contribution in [0.15, 0.2) is 60.3 Å². The maximum atomic E-state index is 15.1. The average Bonchev–Trinajstić information content (AvgIpc) is 3.09. The molecule has 2 aromatic carbocycles. The van der Waals surface area contributed by atoms with E-state index in [4.69, 9.17) is 9.31 Å². The molecule has 1 aliphatic rings. The van der Waals surface area contributed by atoms with Gasteiger partial charge < -0.3 is 13.9 Å². The molecule has 0 amide bonds. The summed E-state index contributed by atoms with van der Waals surface area (Å²) in [6.07, 6.45) is 1.42. The van der Waals surface area contributed by atoms with Crippen LogP contribution in [0.5, 0.6) is 0 Å². The first-order valence-corrected chi connectivity index (χ1v) is 9.49. The summed E-state index contributed by atoms with van der Waals surface area (Å²) >= 11 is 0. The second kappa shape index (κ2) is 6.87. The fraction of sp³-hybridized carbons (Fsp3) is 0.318. The van der Waals surface area contributed by atoms with Crippen LogP contribution in [-0.4, -0.2) is 27.9 Å². The van der Waals surface area contributed by atoms with Crippen molar-refractivity contribution in [2.45, 2.75) is 45.4 Å². The monoisotopic (exact) mass is 378 g/mol. The zero-order valence-corrected chi connectivity index (χ0v) is 16.6. The highest BCUT2D eigenvalue weighted by atomic mass is 19.1. The summed E-state index contributed by atoms with van der Waals surface area (Å²) in [5.41, 5.74) is 1.24. The van der Waals surface area contributed by atoms with Crippen molar-refractivity contribution in [2.24, 2.45) is 0 Å². The van der Waals surface area contributed by atoms with Crippen LogP contribution in [-0.2, 0) is 15.9 Å². The summed E-state index contributed by atoms with van der Waals surface area (Å²) in [5, 5.41) is 0. The van der Waals surface area contributed by atoms with E-state index in [1.807, 2.05) is 86.9 Å². The Balaban J connectivity index is 1.72. The number of hydrogen-bond acceptors (Lipinski definition) is 3. The fourth-order valence-corrected chi connectivity index (χ4v) is 3.28. The Labute approximate surface area is 165 Å². The molecule has 28 heavy (non-hydrogen) atoms. The van der Waals surface area contributed by atoms with E-state index < -0.39 is 24.0 Å². The van der Waals surface area contributed by atoms with Gasteiger partial charge in [0.15, 0.2) is 0 Å². The van der Waals surface area contributed by atoms with Crippen LogP contribution in [0.25, 0.3) is 17.1 Å². The summed E-state index contributed by atoms with van der Waals surface area (Å²) in [6, 6.07) is 17.9. The second-order valence-electron chi connectivity index (χ2n) is 8.15. The van der Waals surface area contributed by atoms with Crippen LogP contribution < -0.4 is 0 Å². The van der Waals surface area contributed by atoms with E-state index in [1.165, 1.54) is 6.08 Å². The minimum atomic E-state index is -1.03. The van der Waals surface area contributed by atoms with Gasteiger partial charge in [0.05, 0.1) is 22.2 Å². The third-order valence-electron chi connectivity index (χ3n) is 5.61. The first kappa shape index (κ1) is 18.9. The van der Waals surface area contributed by atoms with Gasteiger partial charge in [-0.1, -0.05) is 42.5 Å². The number of rotatable bonds is 4. The van der Waals surface area contributed by atoms with Crippen LogP contribution in [0.3, 0.4) is 0 Å². The number of benzene rings is 2. The molecular formula is C22H24BFN2O2. The SMILES string of the molecule is CC1(C)OB(C(F)=Cc2nc3ccccc3n2Cc2ccccc2)OC1(C)C. The predicted molar refractivity (Wildman–Crippen MR) is 110 cm³/mol. The van der Waals surface area contributed by atoms with Crippen molar-refractivity contribution in [3.8, 4) is 0 Å². The van der Waals surface area contributed by atoms with Crippen molar-refractivity contribution in [1.82, 2.24) is 9.55 Å². The minimum Gasteiger partial charge on any atom is -0.398 e. The first-order valence-electron chi connectivity index (χ1n) is 9.49. The molecular weight excluding hydrogens is 354 g/mol. The molecule has 0 unspecified atom stereocenters. The summed E-state index contributed by atoms with van der Waals surface area (Å²) in [5.74, 6) is 0.539. The van der Waals surface area contributed by atoms with E-state index in [2.05, 4.69) is 4.98 Å². The molecule has 1 fully saturated rings. The lowest BCUT2D eigenvalue weighted by molar-refractivity contribution is 0.00578. The van der Waals surface area contributed by atoms with Gasteiger partial charge in [0.1, 0.15) is 11.6 Å². The standard InChI is InChI=1S/C22H24BFN2O2/c1-21(2)22(3,4)28-23(27-21)19(24)14-20-25-17-12-8-9-13-18(17)26(20)15-16-10-6-5-7-11-16/h5-14H,15H2,1-4H3.